The topological polar surface area (TPSA) is 35.9 Å². The number of rotatable bonds is 3. The third-order valence-electron chi connectivity index (χ3n) is 3.92. The van der Waals surface area contributed by atoms with Crippen LogP contribution in [0.4, 0.5) is 11.4 Å². The molecule has 128 valence electrons. The van der Waals surface area contributed by atoms with Crippen LogP contribution in [0.2, 0.25) is 10.0 Å². The minimum Gasteiger partial charge on any atom is -0.378 e. The van der Waals surface area contributed by atoms with Crippen molar-refractivity contribution in [2.24, 2.45) is 5.10 Å². The molecule has 25 heavy (non-hydrogen) atoms. The van der Waals surface area contributed by atoms with Gasteiger partial charge in [0.25, 0.3) is 5.91 Å². The molecule has 2 aromatic rings. The molecule has 1 aliphatic rings. The standard InChI is InChI=1S/C19H17Cl2N3O/c1-12-16(10-13-4-7-15(8-5-13)23(2)3)19(25)24(22-12)18-11-14(20)6-9-17(18)21/h4-11H,1-3H3/b16-10-. The van der Waals surface area contributed by atoms with Gasteiger partial charge < -0.3 is 4.90 Å². The van der Waals surface area contributed by atoms with Gasteiger partial charge in [0.05, 0.1) is 22.0 Å². The largest absolute Gasteiger partial charge is 0.378 e. The van der Waals surface area contributed by atoms with Crippen LogP contribution in [0, 0.1) is 0 Å². The number of hydrogen-bond acceptors (Lipinski definition) is 3. The van der Waals surface area contributed by atoms with Crippen LogP contribution in [-0.4, -0.2) is 25.7 Å². The van der Waals surface area contributed by atoms with Gasteiger partial charge in [-0.15, -0.1) is 0 Å². The van der Waals surface area contributed by atoms with Gasteiger partial charge in [0, 0.05) is 24.8 Å². The summed E-state index contributed by atoms with van der Waals surface area (Å²) in [6.45, 7) is 1.80. The monoisotopic (exact) mass is 373 g/mol. The van der Waals surface area contributed by atoms with Crippen LogP contribution in [0.1, 0.15) is 12.5 Å². The summed E-state index contributed by atoms with van der Waals surface area (Å²) in [7, 11) is 3.97. The molecule has 1 amide bonds. The molecule has 2 aromatic carbocycles. The van der Waals surface area contributed by atoms with Gasteiger partial charge in [0.15, 0.2) is 0 Å². The quantitative estimate of drug-likeness (QED) is 0.719. The third-order valence-corrected chi connectivity index (χ3v) is 4.47. The second-order valence-electron chi connectivity index (χ2n) is 5.94. The van der Waals surface area contributed by atoms with Crippen LogP contribution in [0.15, 0.2) is 53.1 Å². The van der Waals surface area contributed by atoms with Crippen molar-refractivity contribution in [1.29, 1.82) is 0 Å². The van der Waals surface area contributed by atoms with E-state index in [9.17, 15) is 4.79 Å². The fourth-order valence-corrected chi connectivity index (χ4v) is 2.90. The van der Waals surface area contributed by atoms with E-state index in [1.165, 1.54) is 5.01 Å². The minimum absolute atomic E-state index is 0.224. The highest BCUT2D eigenvalue weighted by Crippen LogP contribution is 2.33. The number of hydrazone groups is 1. The number of anilines is 2. The molecule has 0 aliphatic carbocycles. The van der Waals surface area contributed by atoms with Crippen molar-refractivity contribution in [3.8, 4) is 0 Å². The van der Waals surface area contributed by atoms with Crippen LogP contribution < -0.4 is 9.91 Å². The Kier molecular flexibility index (Phi) is 4.84. The lowest BCUT2D eigenvalue weighted by Crippen LogP contribution is -2.21. The molecule has 0 saturated carbocycles. The van der Waals surface area contributed by atoms with Gasteiger partial charge in [0.1, 0.15) is 0 Å². The Balaban J connectivity index is 1.93. The van der Waals surface area contributed by atoms with E-state index < -0.39 is 0 Å². The Morgan fingerprint density at radius 2 is 1.76 bits per heavy atom. The van der Waals surface area contributed by atoms with Gasteiger partial charge in [-0.25, -0.2) is 0 Å². The van der Waals surface area contributed by atoms with Crippen molar-refractivity contribution < 1.29 is 4.79 Å². The summed E-state index contributed by atoms with van der Waals surface area (Å²) in [5.74, 6) is -0.224. The van der Waals surface area contributed by atoms with Gasteiger partial charge in [0.2, 0.25) is 0 Å². The minimum atomic E-state index is -0.224. The Hall–Kier alpha value is -2.30. The predicted molar refractivity (Wildman–Crippen MR) is 106 cm³/mol. The van der Waals surface area contributed by atoms with Crippen molar-refractivity contribution in [3.63, 3.8) is 0 Å². The highest BCUT2D eigenvalue weighted by molar-refractivity contribution is 6.38. The molecule has 3 rings (SSSR count). The van der Waals surface area contributed by atoms with Crippen molar-refractivity contribution >= 4 is 52.3 Å². The lowest BCUT2D eigenvalue weighted by Gasteiger charge is -2.14. The summed E-state index contributed by atoms with van der Waals surface area (Å²) in [5, 5.41) is 6.56. The smallest absolute Gasteiger partial charge is 0.280 e. The molecular formula is C19H17Cl2N3O. The number of nitrogens with zero attached hydrogens (tertiary/aromatic N) is 3. The summed E-state index contributed by atoms with van der Waals surface area (Å²) >= 11 is 12.2. The molecule has 4 nitrogen and oxygen atoms in total. The lowest BCUT2D eigenvalue weighted by molar-refractivity contribution is -0.114. The average Bonchev–Trinajstić information content (AvgIpc) is 2.85. The van der Waals surface area contributed by atoms with Gasteiger partial charge in [-0.3, -0.25) is 4.79 Å². The first-order valence-corrected chi connectivity index (χ1v) is 8.46. The lowest BCUT2D eigenvalue weighted by atomic mass is 10.1. The SMILES string of the molecule is CC1=NN(c2cc(Cl)ccc2Cl)C(=O)/C1=C\c1ccc(N(C)C)cc1. The van der Waals surface area contributed by atoms with Crippen molar-refractivity contribution in [1.82, 2.24) is 0 Å². The molecule has 0 N–H and O–H groups in total. The van der Waals surface area contributed by atoms with Gasteiger partial charge in [-0.05, 0) is 48.9 Å². The van der Waals surface area contributed by atoms with E-state index in [4.69, 9.17) is 23.2 Å². The summed E-state index contributed by atoms with van der Waals surface area (Å²) in [5.41, 5.74) is 3.68. The fourth-order valence-electron chi connectivity index (χ4n) is 2.53. The van der Waals surface area contributed by atoms with Crippen molar-refractivity contribution in [3.05, 3.63) is 63.6 Å². The van der Waals surface area contributed by atoms with Crippen LogP contribution in [-0.2, 0) is 4.79 Å². The molecule has 6 heteroatoms. The van der Waals surface area contributed by atoms with E-state index in [-0.39, 0.29) is 5.91 Å². The number of hydrogen-bond donors (Lipinski definition) is 0. The van der Waals surface area contributed by atoms with E-state index in [0.29, 0.717) is 27.0 Å². The summed E-state index contributed by atoms with van der Waals surface area (Å²) in [6.07, 6.45) is 1.83. The molecule has 0 saturated heterocycles. The Labute approximate surface area is 157 Å². The molecule has 0 aromatic heterocycles. The summed E-state index contributed by atoms with van der Waals surface area (Å²) < 4.78 is 0. The fraction of sp³-hybridized carbons (Fsp3) is 0.158. The van der Waals surface area contributed by atoms with E-state index in [1.54, 1.807) is 25.1 Å². The van der Waals surface area contributed by atoms with Gasteiger partial charge >= 0.3 is 0 Å². The summed E-state index contributed by atoms with van der Waals surface area (Å²) in [6, 6.07) is 12.9. The van der Waals surface area contributed by atoms with Crippen LogP contribution in [0.3, 0.4) is 0 Å². The molecule has 0 unspecified atom stereocenters. The molecule has 0 spiro atoms. The number of benzene rings is 2. The zero-order valence-corrected chi connectivity index (χ0v) is 15.6. The van der Waals surface area contributed by atoms with E-state index >= 15 is 0 Å². The Bertz CT molecular complexity index is 886. The number of carbonyl (C=O) groups excluding carboxylic acids is 1. The van der Waals surface area contributed by atoms with Crippen LogP contribution in [0.25, 0.3) is 6.08 Å². The van der Waals surface area contributed by atoms with Crippen LogP contribution in [0.5, 0.6) is 0 Å². The van der Waals surface area contributed by atoms with Crippen molar-refractivity contribution in [2.75, 3.05) is 24.0 Å². The maximum atomic E-state index is 12.8. The maximum Gasteiger partial charge on any atom is 0.280 e. The first-order valence-electron chi connectivity index (χ1n) is 7.71. The highest BCUT2D eigenvalue weighted by atomic mass is 35.5. The Morgan fingerprint density at radius 3 is 2.40 bits per heavy atom. The van der Waals surface area contributed by atoms with Gasteiger partial charge in [-0.2, -0.15) is 10.1 Å². The van der Waals surface area contributed by atoms with Crippen molar-refractivity contribution in [2.45, 2.75) is 6.92 Å². The second kappa shape index (κ2) is 6.90. The zero-order chi connectivity index (χ0) is 18.1. The zero-order valence-electron chi connectivity index (χ0n) is 14.1. The first kappa shape index (κ1) is 17.5. The molecule has 0 bridgehead atoms. The number of carbonyl (C=O) groups is 1. The third kappa shape index (κ3) is 3.55. The molecule has 1 aliphatic heterocycles. The first-order chi connectivity index (χ1) is 11.9. The molecule has 0 atom stereocenters. The number of amides is 1. The maximum absolute atomic E-state index is 12.8. The molecule has 0 fully saturated rings. The molecule has 0 radical (unpaired) electrons. The average molecular weight is 374 g/mol. The van der Waals surface area contributed by atoms with Gasteiger partial charge in [-0.1, -0.05) is 35.3 Å². The van der Waals surface area contributed by atoms with E-state index in [2.05, 4.69) is 5.10 Å². The summed E-state index contributed by atoms with van der Waals surface area (Å²) in [4.78, 5) is 14.8. The predicted octanol–water partition coefficient (Wildman–Crippen LogP) is 4.87. The number of halogens is 2. The Morgan fingerprint density at radius 1 is 1.08 bits per heavy atom. The molecular weight excluding hydrogens is 357 g/mol. The second-order valence-corrected chi connectivity index (χ2v) is 6.79. The van der Waals surface area contributed by atoms with E-state index in [1.807, 2.05) is 49.3 Å². The normalized spacial score (nSPS) is 15.7. The van der Waals surface area contributed by atoms with Crippen LogP contribution >= 0.6 is 23.2 Å². The molecule has 1 heterocycles. The highest BCUT2D eigenvalue weighted by Gasteiger charge is 2.30. The van der Waals surface area contributed by atoms with E-state index in [0.717, 1.165) is 11.3 Å².